The van der Waals surface area contributed by atoms with Crippen LogP contribution >= 0.6 is 11.6 Å². The molecule has 0 spiro atoms. The van der Waals surface area contributed by atoms with Crippen molar-refractivity contribution in [3.05, 3.63) is 59.7 Å². The number of rotatable bonds is 11. The number of benzene rings is 2. The summed E-state index contributed by atoms with van der Waals surface area (Å²) in [6, 6.07) is 8.35. The average molecular weight is 568 g/mol. The molecule has 2 aromatic carbocycles. The highest BCUT2D eigenvalue weighted by atomic mass is 35.5. The van der Waals surface area contributed by atoms with Gasteiger partial charge >= 0.3 is 0 Å². The van der Waals surface area contributed by atoms with Crippen LogP contribution < -0.4 is 15.4 Å². The van der Waals surface area contributed by atoms with Crippen LogP contribution in [0.5, 0.6) is 5.75 Å². The summed E-state index contributed by atoms with van der Waals surface area (Å²) in [6.07, 6.45) is 5.94. The summed E-state index contributed by atoms with van der Waals surface area (Å²) in [7, 11) is 1.70. The number of ether oxygens (including phenoxy) is 3. The molecule has 4 atom stereocenters. The van der Waals surface area contributed by atoms with Gasteiger partial charge in [-0.1, -0.05) is 17.7 Å². The van der Waals surface area contributed by atoms with Crippen LogP contribution in [0.1, 0.15) is 6.42 Å². The fourth-order valence-corrected chi connectivity index (χ4v) is 5.67. The maximum atomic E-state index is 13.7. The molecule has 9 nitrogen and oxygen atoms in total. The van der Waals surface area contributed by atoms with Crippen molar-refractivity contribution in [3.63, 3.8) is 0 Å². The molecule has 2 saturated heterocycles. The number of methoxy groups -OCH3 is 1. The van der Waals surface area contributed by atoms with E-state index in [2.05, 4.69) is 25.5 Å². The highest BCUT2D eigenvalue weighted by Crippen LogP contribution is 2.51. The summed E-state index contributed by atoms with van der Waals surface area (Å²) in [6.45, 7) is 4.47. The van der Waals surface area contributed by atoms with Crippen LogP contribution in [-0.4, -0.2) is 73.4 Å². The zero-order valence-corrected chi connectivity index (χ0v) is 22.9. The molecule has 3 aromatic rings. The van der Waals surface area contributed by atoms with E-state index in [0.29, 0.717) is 77.4 Å². The maximum Gasteiger partial charge on any atom is 0.248 e. The van der Waals surface area contributed by atoms with Gasteiger partial charge in [0.25, 0.3) is 0 Å². The van der Waals surface area contributed by atoms with E-state index in [4.69, 9.17) is 25.8 Å². The number of carbonyl (C=O) groups is 1. The molecule has 1 aliphatic carbocycles. The van der Waals surface area contributed by atoms with Crippen LogP contribution in [0.25, 0.3) is 10.9 Å². The molecule has 3 heterocycles. The second-order valence-corrected chi connectivity index (χ2v) is 10.9. The Bertz CT molecular complexity index is 1430. The summed E-state index contributed by atoms with van der Waals surface area (Å²) in [5.74, 6) is 1.81. The summed E-state index contributed by atoms with van der Waals surface area (Å²) >= 11 is 5.96. The highest BCUT2D eigenvalue weighted by molar-refractivity contribution is 6.31. The minimum atomic E-state index is -0.505. The smallest absolute Gasteiger partial charge is 0.248 e. The van der Waals surface area contributed by atoms with Gasteiger partial charge in [-0.2, -0.15) is 0 Å². The molecule has 3 unspecified atom stereocenters. The van der Waals surface area contributed by atoms with Crippen molar-refractivity contribution < 1.29 is 23.4 Å². The molecule has 1 amide bonds. The van der Waals surface area contributed by atoms with Crippen LogP contribution in [0.2, 0.25) is 5.02 Å². The Balaban J connectivity index is 1.22. The van der Waals surface area contributed by atoms with Gasteiger partial charge in [0.15, 0.2) is 0 Å². The standard InChI is InChI=1S/C29H31ClFN5O4/c1-38-12-18-6-8-36(18)7-2-3-28(37)35-26-10-19-25(11-27(26)40-15-22-20-13-39-14-21(20)22)32-16-33-29(19)34-17-4-5-24(31)23(30)9-17/h2-5,9-11,16,18,20-22H,6-8,12-15H2,1H3,(H,35,37)(H,32,33,34)/b3-2+/t18?,20-,21?,22?/m0/s1. The Morgan fingerprint density at radius 1 is 1.23 bits per heavy atom. The van der Waals surface area contributed by atoms with E-state index in [1.807, 2.05) is 12.1 Å². The first-order chi connectivity index (χ1) is 19.5. The van der Waals surface area contributed by atoms with Gasteiger partial charge in [-0.3, -0.25) is 9.69 Å². The molecule has 40 heavy (non-hydrogen) atoms. The van der Waals surface area contributed by atoms with Gasteiger partial charge in [-0.15, -0.1) is 0 Å². The number of anilines is 3. The van der Waals surface area contributed by atoms with E-state index in [0.717, 1.165) is 26.2 Å². The normalized spacial score (nSPS) is 23.7. The zero-order valence-electron chi connectivity index (χ0n) is 22.1. The fourth-order valence-electron chi connectivity index (χ4n) is 5.49. The van der Waals surface area contributed by atoms with E-state index in [-0.39, 0.29) is 10.9 Å². The van der Waals surface area contributed by atoms with E-state index in [1.54, 1.807) is 25.3 Å². The van der Waals surface area contributed by atoms with Crippen molar-refractivity contribution in [2.24, 2.45) is 17.8 Å². The Morgan fingerprint density at radius 2 is 2.08 bits per heavy atom. The van der Waals surface area contributed by atoms with Crippen molar-refractivity contribution >= 4 is 45.6 Å². The number of nitrogens with zero attached hydrogens (tertiary/aromatic N) is 3. The van der Waals surface area contributed by atoms with Crippen LogP contribution in [0.3, 0.4) is 0 Å². The first kappa shape index (κ1) is 26.9. The van der Waals surface area contributed by atoms with Crippen LogP contribution in [0, 0.1) is 23.6 Å². The fraction of sp³-hybridized carbons (Fsp3) is 0.414. The molecular weight excluding hydrogens is 537 g/mol. The average Bonchev–Trinajstić information content (AvgIpc) is 3.35. The molecule has 3 aliphatic rings. The lowest BCUT2D eigenvalue weighted by atomic mass is 10.0. The van der Waals surface area contributed by atoms with E-state index >= 15 is 0 Å². The Hall–Kier alpha value is -3.31. The first-order valence-electron chi connectivity index (χ1n) is 13.4. The Kier molecular flexibility index (Phi) is 7.84. The summed E-state index contributed by atoms with van der Waals surface area (Å²) in [5, 5.41) is 6.82. The minimum absolute atomic E-state index is 0.000739. The largest absolute Gasteiger partial charge is 0.491 e. The lowest BCUT2D eigenvalue weighted by Crippen LogP contribution is -2.50. The number of amides is 1. The minimum Gasteiger partial charge on any atom is -0.491 e. The van der Waals surface area contributed by atoms with Crippen LogP contribution in [0.15, 0.2) is 48.8 Å². The number of nitrogens with one attached hydrogen (secondary N) is 2. The van der Waals surface area contributed by atoms with Crippen molar-refractivity contribution in [3.8, 4) is 5.75 Å². The SMILES string of the molecule is COCC1CCN1C/C=C/C(=O)Nc1cc2c(Nc3ccc(F)c(Cl)c3)ncnc2cc1OCC1C2COC[C@@H]21. The molecule has 0 bridgehead atoms. The van der Waals surface area contributed by atoms with Crippen LogP contribution in [-0.2, 0) is 14.3 Å². The molecule has 2 aliphatic heterocycles. The zero-order chi connectivity index (χ0) is 27.6. The third-order valence-corrected chi connectivity index (χ3v) is 8.26. The third kappa shape index (κ3) is 5.76. The molecule has 1 saturated carbocycles. The number of fused-ring (bicyclic) bond motifs is 2. The molecule has 210 valence electrons. The molecule has 3 fully saturated rings. The number of aromatic nitrogens is 2. The Labute approximate surface area is 236 Å². The molecule has 2 N–H and O–H groups in total. The third-order valence-electron chi connectivity index (χ3n) is 7.97. The van der Waals surface area contributed by atoms with Gasteiger partial charge < -0.3 is 24.8 Å². The number of halogens is 2. The highest BCUT2D eigenvalue weighted by Gasteiger charge is 2.54. The molecule has 0 radical (unpaired) electrons. The van der Waals surface area contributed by atoms with Gasteiger partial charge in [-0.25, -0.2) is 14.4 Å². The van der Waals surface area contributed by atoms with E-state index < -0.39 is 5.82 Å². The number of carbonyl (C=O) groups excluding carboxylic acids is 1. The molecule has 1 aromatic heterocycles. The second kappa shape index (κ2) is 11.7. The summed E-state index contributed by atoms with van der Waals surface area (Å²) < 4.78 is 30.7. The van der Waals surface area contributed by atoms with Crippen molar-refractivity contribution in [1.82, 2.24) is 14.9 Å². The van der Waals surface area contributed by atoms with Gasteiger partial charge in [0.2, 0.25) is 5.91 Å². The predicted octanol–water partition coefficient (Wildman–Crippen LogP) is 4.65. The van der Waals surface area contributed by atoms with Crippen molar-refractivity contribution in [2.75, 3.05) is 57.3 Å². The molecular formula is C29H31ClFN5O4. The molecule has 11 heteroatoms. The topological polar surface area (TPSA) is 97.8 Å². The number of hydrogen-bond acceptors (Lipinski definition) is 8. The van der Waals surface area contributed by atoms with Gasteiger partial charge in [0, 0.05) is 55.4 Å². The lowest BCUT2D eigenvalue weighted by Gasteiger charge is -2.39. The second-order valence-electron chi connectivity index (χ2n) is 10.5. The van der Waals surface area contributed by atoms with Gasteiger partial charge in [0.05, 0.1) is 42.7 Å². The number of hydrogen-bond donors (Lipinski definition) is 2. The first-order valence-corrected chi connectivity index (χ1v) is 13.8. The Morgan fingerprint density at radius 3 is 2.83 bits per heavy atom. The van der Waals surface area contributed by atoms with Crippen molar-refractivity contribution in [1.29, 1.82) is 0 Å². The summed E-state index contributed by atoms with van der Waals surface area (Å²) in [4.78, 5) is 24.0. The maximum absolute atomic E-state index is 13.7. The van der Waals surface area contributed by atoms with Crippen molar-refractivity contribution in [2.45, 2.75) is 12.5 Å². The monoisotopic (exact) mass is 567 g/mol. The molecule has 6 rings (SSSR count). The predicted molar refractivity (Wildman–Crippen MR) is 151 cm³/mol. The number of likely N-dealkylation sites (tertiary alicyclic amines) is 1. The van der Waals surface area contributed by atoms with E-state index in [9.17, 15) is 9.18 Å². The van der Waals surface area contributed by atoms with Gasteiger partial charge in [-0.05, 0) is 42.5 Å². The lowest BCUT2D eigenvalue weighted by molar-refractivity contribution is -0.112. The van der Waals surface area contributed by atoms with Crippen LogP contribution in [0.4, 0.5) is 21.6 Å². The van der Waals surface area contributed by atoms with E-state index in [1.165, 1.54) is 18.5 Å². The van der Waals surface area contributed by atoms with Gasteiger partial charge in [0.1, 0.15) is 23.7 Å². The summed E-state index contributed by atoms with van der Waals surface area (Å²) in [5.41, 5.74) is 1.72. The quantitative estimate of drug-likeness (QED) is 0.323.